The van der Waals surface area contributed by atoms with Crippen molar-refractivity contribution in [3.8, 4) is 34.4 Å². The van der Waals surface area contributed by atoms with Crippen LogP contribution in [-0.2, 0) is 22.4 Å². The number of amides is 2. The van der Waals surface area contributed by atoms with E-state index in [-0.39, 0.29) is 23.9 Å². The predicted octanol–water partition coefficient (Wildman–Crippen LogP) is 7.05. The zero-order valence-corrected chi connectivity index (χ0v) is 26.3. The lowest BCUT2D eigenvalue weighted by molar-refractivity contribution is -0.122. The quantitative estimate of drug-likeness (QED) is 0.241. The zero-order valence-electron chi connectivity index (χ0n) is 26.3. The smallest absolute Gasteiger partial charge is 0.220 e. The lowest BCUT2D eigenvalue weighted by atomic mass is 9.84. The van der Waals surface area contributed by atoms with Crippen molar-refractivity contribution >= 4 is 11.8 Å². The minimum absolute atomic E-state index is 0.0528. The Morgan fingerprint density at radius 1 is 0.674 bits per heavy atom. The summed E-state index contributed by atoms with van der Waals surface area (Å²) < 4.78 is 0. The number of nitrogens with zero attached hydrogens (tertiary/aromatic N) is 4. The molecule has 0 fully saturated rings. The van der Waals surface area contributed by atoms with Crippen LogP contribution in [0.4, 0.5) is 0 Å². The highest BCUT2D eigenvalue weighted by Gasteiger charge is 2.25. The van der Waals surface area contributed by atoms with Crippen LogP contribution < -0.4 is 10.6 Å². The highest BCUT2D eigenvalue weighted by Crippen LogP contribution is 2.37. The van der Waals surface area contributed by atoms with Gasteiger partial charge in [-0.1, -0.05) is 38.1 Å². The van der Waals surface area contributed by atoms with E-state index in [0.717, 1.165) is 71.9 Å². The largest absolute Gasteiger partial charge is 0.349 e. The molecule has 2 aromatic carbocycles. The summed E-state index contributed by atoms with van der Waals surface area (Å²) in [6, 6.07) is 19.5. The Hall–Kier alpha value is -5.34. The van der Waals surface area contributed by atoms with Crippen molar-refractivity contribution in [2.75, 3.05) is 0 Å². The Morgan fingerprint density at radius 3 is 1.41 bits per heavy atom. The molecule has 6 rings (SSSR count). The lowest BCUT2D eigenvalue weighted by Crippen LogP contribution is -2.30. The summed E-state index contributed by atoms with van der Waals surface area (Å²) in [5, 5.41) is 24.1. The molecule has 2 aromatic heterocycles. The van der Waals surface area contributed by atoms with Crippen LogP contribution in [0.1, 0.15) is 97.8 Å². The first-order valence-corrected chi connectivity index (χ1v) is 16.0. The maximum absolute atomic E-state index is 11.8. The van der Waals surface area contributed by atoms with E-state index >= 15 is 0 Å². The molecule has 2 atom stereocenters. The second-order valence-electron chi connectivity index (χ2n) is 11.6. The molecule has 2 unspecified atom stereocenters. The van der Waals surface area contributed by atoms with Crippen molar-refractivity contribution in [1.29, 1.82) is 10.5 Å². The first-order valence-electron chi connectivity index (χ1n) is 16.0. The molecule has 0 bridgehead atoms. The van der Waals surface area contributed by atoms with E-state index in [4.69, 9.17) is 10.5 Å². The van der Waals surface area contributed by atoms with E-state index < -0.39 is 0 Å². The number of hydrogen-bond acceptors (Lipinski definition) is 6. The summed E-state index contributed by atoms with van der Waals surface area (Å²) in [5.74, 6) is 0.151. The molecule has 0 spiro atoms. The minimum atomic E-state index is 0.0528. The number of carbonyl (C=O) groups is 2. The molecule has 0 saturated carbocycles. The number of benzene rings is 2. The fourth-order valence-electron chi connectivity index (χ4n) is 6.28. The highest BCUT2D eigenvalue weighted by molar-refractivity contribution is 5.77. The fraction of sp³-hybridized carbons (Fsp3) is 0.316. The Balaban J connectivity index is 0.000000181. The number of hydrogen-bond donors (Lipinski definition) is 2. The Kier molecular flexibility index (Phi) is 10.5. The summed E-state index contributed by atoms with van der Waals surface area (Å²) in [5.41, 5.74) is 10.4. The lowest BCUT2D eigenvalue weighted by Gasteiger charge is -2.27. The van der Waals surface area contributed by atoms with Crippen LogP contribution in [-0.4, -0.2) is 21.8 Å². The van der Waals surface area contributed by atoms with Gasteiger partial charge >= 0.3 is 0 Å². The molecule has 2 aliphatic rings. The number of rotatable bonds is 6. The number of aromatic nitrogens is 2. The van der Waals surface area contributed by atoms with Gasteiger partial charge in [0.25, 0.3) is 0 Å². The molecular weight excluding hydrogens is 572 g/mol. The normalized spacial score (nSPS) is 16.3. The van der Waals surface area contributed by atoms with Crippen molar-refractivity contribution in [3.63, 3.8) is 0 Å². The van der Waals surface area contributed by atoms with Gasteiger partial charge in [-0.25, -0.2) is 0 Å². The van der Waals surface area contributed by atoms with Crippen LogP contribution >= 0.6 is 0 Å². The number of nitrogens with one attached hydrogen (secondary N) is 2. The van der Waals surface area contributed by atoms with Crippen molar-refractivity contribution in [2.45, 2.75) is 77.3 Å². The van der Waals surface area contributed by atoms with Crippen LogP contribution in [0, 0.1) is 22.7 Å². The fourth-order valence-corrected chi connectivity index (χ4v) is 6.28. The summed E-state index contributed by atoms with van der Waals surface area (Å²) in [7, 11) is 0. The predicted molar refractivity (Wildman–Crippen MR) is 177 cm³/mol. The van der Waals surface area contributed by atoms with Gasteiger partial charge in [0.1, 0.15) is 0 Å². The van der Waals surface area contributed by atoms with Crippen LogP contribution in [0.5, 0.6) is 0 Å². The summed E-state index contributed by atoms with van der Waals surface area (Å²) in [6.45, 7) is 3.73. The van der Waals surface area contributed by atoms with E-state index in [9.17, 15) is 9.59 Å². The third-order valence-electron chi connectivity index (χ3n) is 8.73. The average molecular weight is 611 g/mol. The first kappa shape index (κ1) is 32.1. The van der Waals surface area contributed by atoms with Gasteiger partial charge in [-0.2, -0.15) is 10.5 Å². The van der Waals surface area contributed by atoms with Crippen molar-refractivity contribution in [1.82, 2.24) is 20.6 Å². The Morgan fingerprint density at radius 2 is 1.07 bits per heavy atom. The van der Waals surface area contributed by atoms with Gasteiger partial charge in [-0.15, -0.1) is 0 Å². The van der Waals surface area contributed by atoms with Gasteiger partial charge in [-0.3, -0.25) is 19.6 Å². The van der Waals surface area contributed by atoms with Gasteiger partial charge in [-0.05, 0) is 96.2 Å². The number of carbonyl (C=O) groups excluding carboxylic acids is 2. The minimum Gasteiger partial charge on any atom is -0.349 e. The molecule has 0 radical (unpaired) electrons. The first-order chi connectivity index (χ1) is 22.4. The molecule has 2 aliphatic carbocycles. The standard InChI is InChI=1S/2C19H19N3O/c2*1-2-19(23)22-18-5-3-4-15-16(11-21-12-17(15)18)14-8-6-13(10-20)7-9-14/h2*6-9,11-12,18H,2-5H2,1H3,(H,22,23). The van der Waals surface area contributed by atoms with Crippen LogP contribution in [0.15, 0.2) is 73.3 Å². The molecular formula is C38H38N6O2. The van der Waals surface area contributed by atoms with Crippen molar-refractivity contribution < 1.29 is 9.59 Å². The van der Waals surface area contributed by atoms with Gasteiger partial charge < -0.3 is 10.6 Å². The van der Waals surface area contributed by atoms with E-state index in [1.165, 1.54) is 11.1 Å². The number of nitriles is 2. The molecule has 232 valence electrons. The molecule has 8 nitrogen and oxygen atoms in total. The molecule has 8 heteroatoms. The van der Waals surface area contributed by atoms with Crippen LogP contribution in [0.25, 0.3) is 22.3 Å². The van der Waals surface area contributed by atoms with Crippen molar-refractivity contribution in [2.24, 2.45) is 0 Å². The second kappa shape index (κ2) is 15.1. The molecule has 2 amide bonds. The van der Waals surface area contributed by atoms with E-state index in [2.05, 4.69) is 32.7 Å². The molecule has 2 N–H and O–H groups in total. The van der Waals surface area contributed by atoms with Crippen LogP contribution in [0.3, 0.4) is 0 Å². The molecule has 0 aliphatic heterocycles. The molecule has 46 heavy (non-hydrogen) atoms. The van der Waals surface area contributed by atoms with E-state index in [1.54, 1.807) is 0 Å². The monoisotopic (exact) mass is 610 g/mol. The zero-order chi connectivity index (χ0) is 32.5. The number of fused-ring (bicyclic) bond motifs is 2. The SMILES string of the molecule is CCC(=O)NC1CCCc2c(-c3ccc(C#N)cc3)cncc21.CCC(=O)NC1CCCc2c(-c3ccc(C#N)cc3)cncc21. The molecule has 2 heterocycles. The van der Waals surface area contributed by atoms with Crippen LogP contribution in [0.2, 0.25) is 0 Å². The molecule has 4 aromatic rings. The maximum atomic E-state index is 11.8. The Bertz CT molecular complexity index is 1650. The van der Waals surface area contributed by atoms with Gasteiger partial charge in [0, 0.05) is 48.8 Å². The van der Waals surface area contributed by atoms with Crippen molar-refractivity contribution in [3.05, 3.63) is 107 Å². The summed E-state index contributed by atoms with van der Waals surface area (Å²) >= 11 is 0. The topological polar surface area (TPSA) is 132 Å². The molecule has 0 saturated heterocycles. The van der Waals surface area contributed by atoms with Gasteiger partial charge in [0.2, 0.25) is 11.8 Å². The highest BCUT2D eigenvalue weighted by atomic mass is 16.2. The van der Waals surface area contributed by atoms with Gasteiger partial charge in [0.15, 0.2) is 0 Å². The van der Waals surface area contributed by atoms with E-state index in [0.29, 0.717) is 24.0 Å². The number of pyridine rings is 2. The second-order valence-corrected chi connectivity index (χ2v) is 11.6. The summed E-state index contributed by atoms with van der Waals surface area (Å²) in [4.78, 5) is 32.3. The maximum Gasteiger partial charge on any atom is 0.220 e. The van der Waals surface area contributed by atoms with E-state index in [1.807, 2.05) is 87.2 Å². The average Bonchev–Trinajstić information content (AvgIpc) is 3.11. The third-order valence-corrected chi connectivity index (χ3v) is 8.73. The van der Waals surface area contributed by atoms with Gasteiger partial charge in [0.05, 0.1) is 35.3 Å². The summed E-state index contributed by atoms with van der Waals surface area (Å²) in [6.07, 6.45) is 14.5. The Labute approximate surface area is 270 Å². The third kappa shape index (κ3) is 7.30.